The predicted octanol–water partition coefficient (Wildman–Crippen LogP) is 2.53. The summed E-state index contributed by atoms with van der Waals surface area (Å²) in [6.45, 7) is 9.79. The normalized spacial score (nSPS) is 19.1. The Hall–Kier alpha value is -1.32. The van der Waals surface area contributed by atoms with Crippen molar-refractivity contribution in [2.75, 3.05) is 29.9 Å². The largest absolute Gasteiger partial charge is 0.369 e. The summed E-state index contributed by atoms with van der Waals surface area (Å²) < 4.78 is 0. The summed E-state index contributed by atoms with van der Waals surface area (Å²) in [5.74, 6) is 1.87. The summed E-state index contributed by atoms with van der Waals surface area (Å²) in [5, 5.41) is 3.20. The van der Waals surface area contributed by atoms with Crippen molar-refractivity contribution < 1.29 is 0 Å². The number of anilines is 2. The van der Waals surface area contributed by atoms with Crippen molar-refractivity contribution in [2.24, 2.45) is 5.41 Å². The number of rotatable bonds is 3. The highest BCUT2D eigenvalue weighted by atomic mass is 15.2. The fraction of sp³-hybridized carbons (Fsp3) is 0.692. The summed E-state index contributed by atoms with van der Waals surface area (Å²) in [4.78, 5) is 11.2. The van der Waals surface area contributed by atoms with Gasteiger partial charge in [-0.1, -0.05) is 13.8 Å². The van der Waals surface area contributed by atoms with Gasteiger partial charge in [-0.3, -0.25) is 4.98 Å². The minimum absolute atomic E-state index is 0.475. The fourth-order valence-electron chi connectivity index (χ4n) is 2.12. The molecule has 1 aromatic rings. The van der Waals surface area contributed by atoms with Gasteiger partial charge in [-0.05, 0) is 25.2 Å². The van der Waals surface area contributed by atoms with Crippen LogP contribution in [-0.4, -0.2) is 29.6 Å². The van der Waals surface area contributed by atoms with Crippen LogP contribution in [-0.2, 0) is 0 Å². The molecule has 1 aliphatic heterocycles. The quantitative estimate of drug-likeness (QED) is 0.872. The van der Waals surface area contributed by atoms with E-state index in [1.165, 1.54) is 12.8 Å². The van der Waals surface area contributed by atoms with E-state index < -0.39 is 0 Å². The molecular weight excluding hydrogens is 212 g/mol. The second-order valence-corrected chi connectivity index (χ2v) is 5.44. The molecule has 4 nitrogen and oxygen atoms in total. The predicted molar refractivity (Wildman–Crippen MR) is 71.4 cm³/mol. The lowest BCUT2D eigenvalue weighted by Crippen LogP contribution is -2.37. The van der Waals surface area contributed by atoms with Gasteiger partial charge >= 0.3 is 0 Å². The average molecular weight is 234 g/mol. The number of nitrogens with one attached hydrogen (secondary N) is 1. The number of hydrogen-bond donors (Lipinski definition) is 1. The second-order valence-electron chi connectivity index (χ2n) is 5.44. The molecule has 0 spiro atoms. The molecule has 4 heteroatoms. The van der Waals surface area contributed by atoms with Crippen molar-refractivity contribution in [1.82, 2.24) is 9.97 Å². The molecule has 2 heterocycles. The van der Waals surface area contributed by atoms with Crippen LogP contribution < -0.4 is 10.2 Å². The Labute approximate surface area is 103 Å². The molecule has 1 saturated heterocycles. The Kier molecular flexibility index (Phi) is 3.50. The maximum absolute atomic E-state index is 4.59. The molecule has 0 amide bonds. The molecule has 1 fully saturated rings. The molecule has 17 heavy (non-hydrogen) atoms. The van der Waals surface area contributed by atoms with Crippen LogP contribution in [0.15, 0.2) is 12.4 Å². The third-order valence-corrected chi connectivity index (χ3v) is 3.42. The van der Waals surface area contributed by atoms with Crippen molar-refractivity contribution in [2.45, 2.75) is 33.6 Å². The standard InChI is InChI=1S/C13H22N4/c1-4-15-11-9-14-10-12(16-11)17-7-5-13(2,3)6-8-17/h9-10H,4-8H2,1-3H3,(H,15,16). The zero-order chi connectivity index (χ0) is 12.3. The van der Waals surface area contributed by atoms with Crippen LogP contribution in [0.25, 0.3) is 0 Å². The van der Waals surface area contributed by atoms with Crippen molar-refractivity contribution >= 4 is 11.6 Å². The second kappa shape index (κ2) is 4.90. The topological polar surface area (TPSA) is 41.1 Å². The first kappa shape index (κ1) is 12.1. The van der Waals surface area contributed by atoms with E-state index in [0.717, 1.165) is 31.3 Å². The minimum atomic E-state index is 0.475. The lowest BCUT2D eigenvalue weighted by atomic mass is 9.83. The van der Waals surface area contributed by atoms with Crippen LogP contribution >= 0.6 is 0 Å². The van der Waals surface area contributed by atoms with Gasteiger partial charge in [-0.25, -0.2) is 4.98 Å². The molecule has 2 rings (SSSR count). The lowest BCUT2D eigenvalue weighted by molar-refractivity contribution is 0.279. The molecule has 94 valence electrons. The maximum Gasteiger partial charge on any atom is 0.149 e. The zero-order valence-corrected chi connectivity index (χ0v) is 11.0. The van der Waals surface area contributed by atoms with Crippen LogP contribution in [0.3, 0.4) is 0 Å². The fourth-order valence-corrected chi connectivity index (χ4v) is 2.12. The van der Waals surface area contributed by atoms with E-state index in [0.29, 0.717) is 5.41 Å². The van der Waals surface area contributed by atoms with Crippen LogP contribution in [0.2, 0.25) is 0 Å². The van der Waals surface area contributed by atoms with E-state index in [9.17, 15) is 0 Å². The van der Waals surface area contributed by atoms with Crippen LogP contribution in [0.1, 0.15) is 33.6 Å². The molecule has 1 N–H and O–H groups in total. The van der Waals surface area contributed by atoms with Crippen molar-refractivity contribution in [3.05, 3.63) is 12.4 Å². The van der Waals surface area contributed by atoms with Gasteiger partial charge in [0.1, 0.15) is 11.6 Å². The number of nitrogens with zero attached hydrogens (tertiary/aromatic N) is 3. The Morgan fingerprint density at radius 1 is 1.29 bits per heavy atom. The Balaban J connectivity index is 2.05. The summed E-state index contributed by atoms with van der Waals surface area (Å²) >= 11 is 0. The van der Waals surface area contributed by atoms with E-state index in [1.54, 1.807) is 6.20 Å². The van der Waals surface area contributed by atoms with Crippen molar-refractivity contribution in [3.63, 3.8) is 0 Å². The molecule has 0 radical (unpaired) electrons. The highest BCUT2D eigenvalue weighted by molar-refractivity contribution is 5.44. The first-order chi connectivity index (χ1) is 8.11. The molecule has 1 aromatic heterocycles. The molecule has 0 aromatic carbocycles. The number of aromatic nitrogens is 2. The summed E-state index contributed by atoms with van der Waals surface area (Å²) in [6.07, 6.45) is 6.08. The maximum atomic E-state index is 4.59. The molecule has 0 atom stereocenters. The third kappa shape index (κ3) is 3.08. The highest BCUT2D eigenvalue weighted by Gasteiger charge is 2.26. The van der Waals surface area contributed by atoms with Gasteiger partial charge in [-0.15, -0.1) is 0 Å². The van der Waals surface area contributed by atoms with E-state index in [2.05, 4.69) is 41.0 Å². The van der Waals surface area contributed by atoms with Gasteiger partial charge in [0.2, 0.25) is 0 Å². The zero-order valence-electron chi connectivity index (χ0n) is 11.0. The van der Waals surface area contributed by atoms with Crippen LogP contribution in [0.4, 0.5) is 11.6 Å². The highest BCUT2D eigenvalue weighted by Crippen LogP contribution is 2.31. The Morgan fingerprint density at radius 2 is 2.00 bits per heavy atom. The molecular formula is C13H22N4. The SMILES string of the molecule is CCNc1cncc(N2CCC(C)(C)CC2)n1. The summed E-state index contributed by atoms with van der Waals surface area (Å²) in [7, 11) is 0. The molecule has 1 aliphatic rings. The van der Waals surface area contributed by atoms with Crippen molar-refractivity contribution in [1.29, 1.82) is 0 Å². The molecule has 0 saturated carbocycles. The number of piperidine rings is 1. The first-order valence-electron chi connectivity index (χ1n) is 6.41. The van der Waals surface area contributed by atoms with E-state index in [-0.39, 0.29) is 0 Å². The summed E-state index contributed by atoms with van der Waals surface area (Å²) in [5.41, 5.74) is 0.475. The van der Waals surface area contributed by atoms with Gasteiger partial charge in [0.25, 0.3) is 0 Å². The average Bonchev–Trinajstić information content (AvgIpc) is 2.30. The Morgan fingerprint density at radius 3 is 2.65 bits per heavy atom. The monoisotopic (exact) mass is 234 g/mol. The molecule has 0 unspecified atom stereocenters. The van der Waals surface area contributed by atoms with E-state index in [1.807, 2.05) is 6.20 Å². The summed E-state index contributed by atoms with van der Waals surface area (Å²) in [6, 6.07) is 0. The van der Waals surface area contributed by atoms with Crippen molar-refractivity contribution in [3.8, 4) is 0 Å². The molecule has 0 aliphatic carbocycles. The van der Waals surface area contributed by atoms with Gasteiger partial charge in [0.15, 0.2) is 0 Å². The van der Waals surface area contributed by atoms with Gasteiger partial charge in [-0.2, -0.15) is 0 Å². The van der Waals surface area contributed by atoms with Gasteiger partial charge < -0.3 is 10.2 Å². The van der Waals surface area contributed by atoms with E-state index in [4.69, 9.17) is 0 Å². The lowest BCUT2D eigenvalue weighted by Gasteiger charge is -2.37. The first-order valence-corrected chi connectivity index (χ1v) is 6.41. The third-order valence-electron chi connectivity index (χ3n) is 3.42. The number of hydrogen-bond acceptors (Lipinski definition) is 4. The van der Waals surface area contributed by atoms with Crippen LogP contribution in [0.5, 0.6) is 0 Å². The van der Waals surface area contributed by atoms with E-state index >= 15 is 0 Å². The van der Waals surface area contributed by atoms with Gasteiger partial charge in [0.05, 0.1) is 12.4 Å². The van der Waals surface area contributed by atoms with Gasteiger partial charge in [0, 0.05) is 19.6 Å². The molecule has 0 bridgehead atoms. The van der Waals surface area contributed by atoms with Crippen LogP contribution in [0, 0.1) is 5.41 Å². The smallest absolute Gasteiger partial charge is 0.149 e. The minimum Gasteiger partial charge on any atom is -0.369 e. The Bertz CT molecular complexity index is 365.